The minimum absolute atomic E-state index is 0.0264. The number of likely N-dealkylation sites (tertiary alicyclic amines) is 1. The Morgan fingerprint density at radius 1 is 1.47 bits per heavy atom. The van der Waals surface area contributed by atoms with E-state index in [1.807, 2.05) is 0 Å². The first-order valence-corrected chi connectivity index (χ1v) is 5.92. The molecule has 0 spiro atoms. The summed E-state index contributed by atoms with van der Waals surface area (Å²) in [5.74, 6) is 0.346. The highest BCUT2D eigenvalue weighted by Gasteiger charge is 2.27. The van der Waals surface area contributed by atoms with E-state index in [4.69, 9.17) is 5.73 Å². The van der Waals surface area contributed by atoms with Crippen LogP contribution >= 0.6 is 0 Å². The van der Waals surface area contributed by atoms with Crippen molar-refractivity contribution in [3.05, 3.63) is 29.8 Å². The fourth-order valence-corrected chi connectivity index (χ4v) is 2.11. The Morgan fingerprint density at radius 2 is 2.18 bits per heavy atom. The van der Waals surface area contributed by atoms with Crippen LogP contribution in [0.2, 0.25) is 0 Å². The van der Waals surface area contributed by atoms with Gasteiger partial charge in [-0.25, -0.2) is 0 Å². The standard InChI is InChI=1S/C13H18N2O2/c1-9-6-7-15(8-11(9)14)13(17)10-4-2-3-5-12(10)16/h2-5,9,11,16H,6-8,14H2,1H3. The fourth-order valence-electron chi connectivity index (χ4n) is 2.11. The molecular weight excluding hydrogens is 216 g/mol. The molecule has 2 unspecified atom stereocenters. The van der Waals surface area contributed by atoms with Crippen molar-refractivity contribution in [2.45, 2.75) is 19.4 Å². The van der Waals surface area contributed by atoms with Crippen molar-refractivity contribution in [3.63, 3.8) is 0 Å². The molecule has 2 atom stereocenters. The molecule has 2 rings (SSSR count). The Hall–Kier alpha value is -1.55. The number of amides is 1. The second-order valence-electron chi connectivity index (χ2n) is 4.70. The average Bonchev–Trinajstić information content (AvgIpc) is 2.32. The first-order chi connectivity index (χ1) is 8.09. The third-order valence-electron chi connectivity index (χ3n) is 3.44. The lowest BCUT2D eigenvalue weighted by Gasteiger charge is -2.35. The molecule has 1 aliphatic rings. The summed E-state index contributed by atoms with van der Waals surface area (Å²) in [6.07, 6.45) is 0.917. The number of hydrogen-bond acceptors (Lipinski definition) is 3. The topological polar surface area (TPSA) is 66.6 Å². The maximum absolute atomic E-state index is 12.2. The average molecular weight is 234 g/mol. The monoisotopic (exact) mass is 234 g/mol. The molecule has 1 fully saturated rings. The highest BCUT2D eigenvalue weighted by Crippen LogP contribution is 2.21. The summed E-state index contributed by atoms with van der Waals surface area (Å²) in [5.41, 5.74) is 6.32. The van der Waals surface area contributed by atoms with Crippen LogP contribution in [0.4, 0.5) is 0 Å². The molecule has 0 bridgehead atoms. The highest BCUT2D eigenvalue weighted by molar-refractivity contribution is 5.96. The molecule has 1 aliphatic heterocycles. The van der Waals surface area contributed by atoms with Crippen LogP contribution in [0.5, 0.6) is 5.75 Å². The number of piperidine rings is 1. The SMILES string of the molecule is CC1CCN(C(=O)c2ccccc2O)CC1N. The molecule has 4 nitrogen and oxygen atoms in total. The number of carbonyl (C=O) groups is 1. The molecule has 3 N–H and O–H groups in total. The predicted octanol–water partition coefficient (Wildman–Crippen LogP) is 1.20. The number of phenolic OH excluding ortho intramolecular Hbond substituents is 1. The minimum atomic E-state index is -0.134. The molecule has 0 saturated carbocycles. The van der Waals surface area contributed by atoms with Crippen LogP contribution in [0.15, 0.2) is 24.3 Å². The zero-order valence-electron chi connectivity index (χ0n) is 9.97. The summed E-state index contributed by atoms with van der Waals surface area (Å²) < 4.78 is 0. The molecular formula is C13H18N2O2. The molecule has 1 aromatic rings. The molecule has 1 heterocycles. The van der Waals surface area contributed by atoms with Gasteiger partial charge in [-0.05, 0) is 24.5 Å². The van der Waals surface area contributed by atoms with Gasteiger partial charge in [0.05, 0.1) is 5.56 Å². The largest absolute Gasteiger partial charge is 0.507 e. The summed E-state index contributed by atoms with van der Waals surface area (Å²) >= 11 is 0. The van der Waals surface area contributed by atoms with E-state index in [1.165, 1.54) is 6.07 Å². The molecule has 0 aromatic heterocycles. The van der Waals surface area contributed by atoms with Crippen molar-refractivity contribution < 1.29 is 9.90 Å². The highest BCUT2D eigenvalue weighted by atomic mass is 16.3. The lowest BCUT2D eigenvalue weighted by Crippen LogP contribution is -2.49. The summed E-state index contributed by atoms with van der Waals surface area (Å²) in [4.78, 5) is 13.9. The van der Waals surface area contributed by atoms with Crippen molar-refractivity contribution in [1.29, 1.82) is 0 Å². The summed E-state index contributed by atoms with van der Waals surface area (Å²) in [5, 5.41) is 9.65. The van der Waals surface area contributed by atoms with E-state index in [0.29, 0.717) is 24.6 Å². The van der Waals surface area contributed by atoms with Gasteiger partial charge < -0.3 is 15.7 Å². The third-order valence-corrected chi connectivity index (χ3v) is 3.44. The number of carbonyl (C=O) groups excluding carboxylic acids is 1. The lowest BCUT2D eigenvalue weighted by molar-refractivity contribution is 0.0669. The molecule has 1 aromatic carbocycles. The first-order valence-electron chi connectivity index (χ1n) is 5.92. The number of phenols is 1. The molecule has 1 amide bonds. The molecule has 4 heteroatoms. The van der Waals surface area contributed by atoms with Crippen molar-refractivity contribution in [1.82, 2.24) is 4.90 Å². The molecule has 1 saturated heterocycles. The van der Waals surface area contributed by atoms with Gasteiger partial charge in [-0.15, -0.1) is 0 Å². The number of nitrogens with zero attached hydrogens (tertiary/aromatic N) is 1. The van der Waals surface area contributed by atoms with Gasteiger partial charge in [-0.3, -0.25) is 4.79 Å². The molecule has 0 aliphatic carbocycles. The number of nitrogens with two attached hydrogens (primary N) is 1. The number of para-hydroxylation sites is 1. The third kappa shape index (κ3) is 2.42. The van der Waals surface area contributed by atoms with Crippen molar-refractivity contribution in [2.75, 3.05) is 13.1 Å². The van der Waals surface area contributed by atoms with Crippen molar-refractivity contribution in [2.24, 2.45) is 11.7 Å². The van der Waals surface area contributed by atoms with Gasteiger partial charge in [0.1, 0.15) is 5.75 Å². The number of benzene rings is 1. The molecule has 17 heavy (non-hydrogen) atoms. The Bertz CT molecular complexity index is 420. The summed E-state index contributed by atoms with van der Waals surface area (Å²) in [6.45, 7) is 3.38. The van der Waals surface area contributed by atoms with Crippen molar-refractivity contribution in [3.8, 4) is 5.75 Å². The number of aromatic hydroxyl groups is 1. The van der Waals surface area contributed by atoms with E-state index in [9.17, 15) is 9.90 Å². The van der Waals surface area contributed by atoms with Gasteiger partial charge in [-0.2, -0.15) is 0 Å². The summed E-state index contributed by atoms with van der Waals surface area (Å²) in [6, 6.07) is 6.65. The van der Waals surface area contributed by atoms with E-state index in [1.54, 1.807) is 23.1 Å². The van der Waals surface area contributed by atoms with E-state index >= 15 is 0 Å². The predicted molar refractivity (Wildman–Crippen MR) is 65.8 cm³/mol. The number of rotatable bonds is 1. The van der Waals surface area contributed by atoms with E-state index in [0.717, 1.165) is 6.42 Å². The molecule has 92 valence electrons. The van der Waals surface area contributed by atoms with Crippen LogP contribution in [0, 0.1) is 5.92 Å². The van der Waals surface area contributed by atoms with Gasteiger partial charge in [0.15, 0.2) is 0 Å². The maximum atomic E-state index is 12.2. The van der Waals surface area contributed by atoms with Gasteiger partial charge in [0.2, 0.25) is 0 Å². The first kappa shape index (κ1) is 11.9. The van der Waals surface area contributed by atoms with Crippen LogP contribution in [-0.4, -0.2) is 35.0 Å². The van der Waals surface area contributed by atoms with E-state index < -0.39 is 0 Å². The van der Waals surface area contributed by atoms with Gasteiger partial charge in [0.25, 0.3) is 5.91 Å². The molecule has 0 radical (unpaired) electrons. The second kappa shape index (κ2) is 4.75. The van der Waals surface area contributed by atoms with Crippen LogP contribution in [0.1, 0.15) is 23.7 Å². The van der Waals surface area contributed by atoms with Crippen LogP contribution < -0.4 is 5.73 Å². The number of hydrogen-bond donors (Lipinski definition) is 2. The van der Waals surface area contributed by atoms with Gasteiger partial charge in [0, 0.05) is 19.1 Å². The quantitative estimate of drug-likeness (QED) is 0.767. The lowest BCUT2D eigenvalue weighted by atomic mass is 9.94. The van der Waals surface area contributed by atoms with Crippen molar-refractivity contribution >= 4 is 5.91 Å². The smallest absolute Gasteiger partial charge is 0.257 e. The van der Waals surface area contributed by atoms with Gasteiger partial charge >= 0.3 is 0 Å². The Labute approximate surface area is 101 Å². The zero-order valence-corrected chi connectivity index (χ0v) is 9.97. The fraction of sp³-hybridized carbons (Fsp3) is 0.462. The van der Waals surface area contributed by atoms with E-state index in [-0.39, 0.29) is 17.7 Å². The van der Waals surface area contributed by atoms with Crippen LogP contribution in [-0.2, 0) is 0 Å². The summed E-state index contributed by atoms with van der Waals surface area (Å²) in [7, 11) is 0. The normalized spacial score (nSPS) is 24.7. The second-order valence-corrected chi connectivity index (χ2v) is 4.70. The minimum Gasteiger partial charge on any atom is -0.507 e. The Morgan fingerprint density at radius 3 is 2.82 bits per heavy atom. The van der Waals surface area contributed by atoms with E-state index in [2.05, 4.69) is 6.92 Å². The van der Waals surface area contributed by atoms with Crippen LogP contribution in [0.25, 0.3) is 0 Å². The maximum Gasteiger partial charge on any atom is 0.257 e. The van der Waals surface area contributed by atoms with Gasteiger partial charge in [-0.1, -0.05) is 19.1 Å². The Balaban J connectivity index is 2.14. The Kier molecular flexibility index (Phi) is 3.33. The zero-order chi connectivity index (χ0) is 12.4. The van der Waals surface area contributed by atoms with Crippen LogP contribution in [0.3, 0.4) is 0 Å².